The first-order valence-electron chi connectivity index (χ1n) is 6.38. The Labute approximate surface area is 122 Å². The third-order valence-electron chi connectivity index (χ3n) is 3.63. The minimum atomic E-state index is 0.526. The van der Waals surface area contributed by atoms with E-state index < -0.39 is 0 Å². The monoisotopic (exact) mass is 364 g/mol. The SMILES string of the molecule is CCCC1CCC(c2ncc(I)c(Cl)n2)CC1. The molecular formula is C13H18ClIN2. The molecule has 1 fully saturated rings. The molecule has 1 heterocycles. The van der Waals surface area contributed by atoms with Crippen molar-refractivity contribution in [2.45, 2.75) is 51.4 Å². The molecule has 1 saturated carbocycles. The maximum atomic E-state index is 6.05. The molecule has 0 amide bonds. The second-order valence-electron chi connectivity index (χ2n) is 4.87. The van der Waals surface area contributed by atoms with E-state index in [1.54, 1.807) is 0 Å². The van der Waals surface area contributed by atoms with E-state index in [4.69, 9.17) is 11.6 Å². The van der Waals surface area contributed by atoms with Gasteiger partial charge in [-0.3, -0.25) is 0 Å². The number of hydrogen-bond donors (Lipinski definition) is 0. The van der Waals surface area contributed by atoms with Crippen molar-refractivity contribution >= 4 is 34.2 Å². The molecule has 4 heteroatoms. The van der Waals surface area contributed by atoms with Gasteiger partial charge in [-0.25, -0.2) is 9.97 Å². The Morgan fingerprint density at radius 2 is 2.06 bits per heavy atom. The van der Waals surface area contributed by atoms with Crippen molar-refractivity contribution < 1.29 is 0 Å². The molecule has 0 aromatic carbocycles. The van der Waals surface area contributed by atoms with Crippen LogP contribution in [-0.2, 0) is 0 Å². The first kappa shape index (κ1) is 13.5. The van der Waals surface area contributed by atoms with Gasteiger partial charge in [-0.05, 0) is 54.2 Å². The van der Waals surface area contributed by atoms with Crippen LogP contribution in [0.5, 0.6) is 0 Å². The Bertz CT molecular complexity index is 376. The van der Waals surface area contributed by atoms with Gasteiger partial charge in [0.15, 0.2) is 0 Å². The summed E-state index contributed by atoms with van der Waals surface area (Å²) in [6, 6.07) is 0. The highest BCUT2D eigenvalue weighted by molar-refractivity contribution is 14.1. The highest BCUT2D eigenvalue weighted by Crippen LogP contribution is 2.36. The van der Waals surface area contributed by atoms with Crippen LogP contribution in [0.4, 0.5) is 0 Å². The van der Waals surface area contributed by atoms with Gasteiger partial charge in [0.1, 0.15) is 11.0 Å². The molecule has 2 nitrogen and oxygen atoms in total. The van der Waals surface area contributed by atoms with Crippen molar-refractivity contribution in [2.24, 2.45) is 5.92 Å². The van der Waals surface area contributed by atoms with Crippen molar-refractivity contribution in [3.05, 3.63) is 20.7 Å². The molecule has 0 aliphatic heterocycles. The largest absolute Gasteiger partial charge is 0.240 e. The van der Waals surface area contributed by atoms with Gasteiger partial charge in [-0.1, -0.05) is 31.4 Å². The lowest BCUT2D eigenvalue weighted by Gasteiger charge is -2.27. The smallest absolute Gasteiger partial charge is 0.146 e. The maximum Gasteiger partial charge on any atom is 0.146 e. The summed E-state index contributed by atoms with van der Waals surface area (Å²) in [5, 5.41) is 0.603. The molecule has 1 aromatic heterocycles. The highest BCUT2D eigenvalue weighted by Gasteiger charge is 2.24. The van der Waals surface area contributed by atoms with E-state index >= 15 is 0 Å². The van der Waals surface area contributed by atoms with E-state index in [0.29, 0.717) is 11.1 Å². The number of aromatic nitrogens is 2. The van der Waals surface area contributed by atoms with Crippen LogP contribution >= 0.6 is 34.2 Å². The molecule has 1 aliphatic carbocycles. The van der Waals surface area contributed by atoms with E-state index in [0.717, 1.165) is 15.3 Å². The third kappa shape index (κ3) is 3.53. The summed E-state index contributed by atoms with van der Waals surface area (Å²) in [5.41, 5.74) is 0. The van der Waals surface area contributed by atoms with Crippen LogP contribution in [0.2, 0.25) is 5.15 Å². The summed E-state index contributed by atoms with van der Waals surface area (Å²) in [6.07, 6.45) is 9.62. The number of rotatable bonds is 3. The summed E-state index contributed by atoms with van der Waals surface area (Å²) in [4.78, 5) is 8.84. The topological polar surface area (TPSA) is 25.8 Å². The minimum Gasteiger partial charge on any atom is -0.240 e. The fourth-order valence-corrected chi connectivity index (χ4v) is 3.07. The van der Waals surface area contributed by atoms with E-state index in [9.17, 15) is 0 Å². The zero-order chi connectivity index (χ0) is 12.3. The van der Waals surface area contributed by atoms with Gasteiger partial charge in [-0.2, -0.15) is 0 Å². The van der Waals surface area contributed by atoms with Crippen LogP contribution in [0, 0.1) is 9.49 Å². The van der Waals surface area contributed by atoms with Crippen molar-refractivity contribution in [3.8, 4) is 0 Å². The molecule has 17 heavy (non-hydrogen) atoms. The molecule has 0 radical (unpaired) electrons. The molecule has 94 valence electrons. The maximum absolute atomic E-state index is 6.05. The molecular weight excluding hydrogens is 347 g/mol. The van der Waals surface area contributed by atoms with Crippen molar-refractivity contribution in [1.29, 1.82) is 0 Å². The Kier molecular flexibility index (Phi) is 5.03. The van der Waals surface area contributed by atoms with E-state index in [1.807, 2.05) is 6.20 Å². The average molecular weight is 365 g/mol. The van der Waals surface area contributed by atoms with E-state index in [2.05, 4.69) is 39.5 Å². The quantitative estimate of drug-likeness (QED) is 0.568. The Morgan fingerprint density at radius 1 is 1.35 bits per heavy atom. The molecule has 0 atom stereocenters. The summed E-state index contributed by atoms with van der Waals surface area (Å²) >= 11 is 8.22. The molecule has 0 N–H and O–H groups in total. The molecule has 1 aliphatic rings. The first-order valence-corrected chi connectivity index (χ1v) is 7.84. The summed E-state index contributed by atoms with van der Waals surface area (Å²) in [7, 11) is 0. The van der Waals surface area contributed by atoms with Crippen LogP contribution in [0.3, 0.4) is 0 Å². The van der Waals surface area contributed by atoms with Gasteiger partial charge in [0, 0.05) is 12.1 Å². The summed E-state index contributed by atoms with van der Waals surface area (Å²) in [5.74, 6) is 2.40. The van der Waals surface area contributed by atoms with Crippen molar-refractivity contribution in [3.63, 3.8) is 0 Å². The van der Waals surface area contributed by atoms with Crippen molar-refractivity contribution in [1.82, 2.24) is 9.97 Å². The minimum absolute atomic E-state index is 0.526. The van der Waals surface area contributed by atoms with Crippen LogP contribution in [0.1, 0.15) is 57.2 Å². The van der Waals surface area contributed by atoms with E-state index in [-0.39, 0.29) is 0 Å². The van der Waals surface area contributed by atoms with Crippen molar-refractivity contribution in [2.75, 3.05) is 0 Å². The van der Waals surface area contributed by atoms with Crippen LogP contribution in [0.25, 0.3) is 0 Å². The lowest BCUT2D eigenvalue weighted by Crippen LogP contribution is -2.15. The third-order valence-corrected chi connectivity index (χ3v) is 5.03. The van der Waals surface area contributed by atoms with Gasteiger partial charge in [0.25, 0.3) is 0 Å². The normalized spacial score (nSPS) is 24.9. The fourth-order valence-electron chi connectivity index (χ4n) is 2.67. The fraction of sp³-hybridized carbons (Fsp3) is 0.692. The first-order chi connectivity index (χ1) is 8.20. The van der Waals surface area contributed by atoms with Crippen LogP contribution < -0.4 is 0 Å². The molecule has 2 rings (SSSR count). The number of halogens is 2. The molecule has 0 saturated heterocycles. The predicted octanol–water partition coefficient (Wildman–Crippen LogP) is 4.81. The molecule has 0 bridgehead atoms. The van der Waals surface area contributed by atoms with Gasteiger partial charge >= 0.3 is 0 Å². The molecule has 0 unspecified atom stereocenters. The Balaban J connectivity index is 1.98. The molecule has 0 spiro atoms. The standard InChI is InChI=1S/C13H18ClIN2/c1-2-3-9-4-6-10(7-5-9)13-16-8-11(15)12(14)17-13/h8-10H,2-7H2,1H3. The average Bonchev–Trinajstić information content (AvgIpc) is 2.34. The lowest BCUT2D eigenvalue weighted by atomic mass is 9.80. The zero-order valence-corrected chi connectivity index (χ0v) is 13.0. The number of hydrogen-bond acceptors (Lipinski definition) is 2. The van der Waals surface area contributed by atoms with E-state index in [1.165, 1.54) is 38.5 Å². The zero-order valence-electron chi connectivity index (χ0n) is 10.1. The number of nitrogens with zero attached hydrogens (tertiary/aromatic N) is 2. The second-order valence-corrected chi connectivity index (χ2v) is 6.39. The molecule has 1 aromatic rings. The highest BCUT2D eigenvalue weighted by atomic mass is 127. The predicted molar refractivity (Wildman–Crippen MR) is 79.4 cm³/mol. The van der Waals surface area contributed by atoms with Gasteiger partial charge in [0.2, 0.25) is 0 Å². The van der Waals surface area contributed by atoms with Gasteiger partial charge in [-0.15, -0.1) is 0 Å². The summed E-state index contributed by atoms with van der Waals surface area (Å²) in [6.45, 7) is 2.27. The van der Waals surface area contributed by atoms with Gasteiger partial charge < -0.3 is 0 Å². The van der Waals surface area contributed by atoms with Gasteiger partial charge in [0.05, 0.1) is 3.57 Å². The Morgan fingerprint density at radius 3 is 2.65 bits per heavy atom. The lowest BCUT2D eigenvalue weighted by molar-refractivity contribution is 0.302. The Hall–Kier alpha value is 0.1000. The second kappa shape index (κ2) is 6.32. The van der Waals surface area contributed by atoms with Crippen LogP contribution in [-0.4, -0.2) is 9.97 Å². The summed E-state index contributed by atoms with van der Waals surface area (Å²) < 4.78 is 0.938. The van der Waals surface area contributed by atoms with Crippen LogP contribution in [0.15, 0.2) is 6.20 Å².